The van der Waals surface area contributed by atoms with Crippen LogP contribution < -0.4 is 19.3 Å². The predicted molar refractivity (Wildman–Crippen MR) is 290 cm³/mol. The van der Waals surface area contributed by atoms with E-state index in [4.69, 9.17) is 9.47 Å². The Hall–Kier alpha value is -9.38. The molecule has 0 saturated heterocycles. The molecule has 0 aromatic heterocycles. The third-order valence-corrected chi connectivity index (χ3v) is 14.5. The second kappa shape index (κ2) is 16.4. The summed E-state index contributed by atoms with van der Waals surface area (Å²) in [5, 5.41) is 0. The maximum atomic E-state index is 7.76. The zero-order chi connectivity index (χ0) is 46.9. The maximum absolute atomic E-state index is 7.76. The summed E-state index contributed by atoms with van der Waals surface area (Å²) in [6.45, 7) is 0. The first-order valence-electron chi connectivity index (χ1n) is 24.3. The van der Waals surface area contributed by atoms with Crippen molar-refractivity contribution in [3.63, 3.8) is 0 Å². The van der Waals surface area contributed by atoms with Crippen molar-refractivity contribution in [3.05, 3.63) is 289 Å². The molecule has 1 aliphatic heterocycles. The fraction of sp³-hybridized carbons (Fsp3) is 0.0149. The van der Waals surface area contributed by atoms with Crippen molar-refractivity contribution in [3.8, 4) is 67.5 Å². The van der Waals surface area contributed by atoms with Crippen LogP contribution in [0.25, 0.3) is 44.5 Å². The molecule has 1 spiro atoms. The number of fused-ring (bicyclic) bond motifs is 13. The molecule has 1 heterocycles. The number of nitrogens with zero attached hydrogens (tertiary/aromatic N) is 2. The highest BCUT2D eigenvalue weighted by molar-refractivity contribution is 6.00. The lowest BCUT2D eigenvalue weighted by Gasteiger charge is -2.32. The molecule has 4 heteroatoms. The Morgan fingerprint density at radius 1 is 0.239 bits per heavy atom. The monoisotopic (exact) mass is 908 g/mol. The summed E-state index contributed by atoms with van der Waals surface area (Å²) in [4.78, 5) is 4.65. The number of rotatable bonds is 8. The van der Waals surface area contributed by atoms with Crippen molar-refractivity contribution in [1.82, 2.24) is 0 Å². The van der Waals surface area contributed by atoms with Crippen LogP contribution in [0.1, 0.15) is 22.3 Å². The molecule has 2 aliphatic carbocycles. The van der Waals surface area contributed by atoms with Gasteiger partial charge in [0.2, 0.25) is 0 Å². The van der Waals surface area contributed by atoms with Gasteiger partial charge in [0.15, 0.2) is 23.0 Å². The van der Waals surface area contributed by atoms with Crippen molar-refractivity contribution < 1.29 is 9.47 Å². The van der Waals surface area contributed by atoms with E-state index in [9.17, 15) is 0 Å². The van der Waals surface area contributed by atoms with Crippen molar-refractivity contribution >= 4 is 34.1 Å². The van der Waals surface area contributed by atoms with Gasteiger partial charge in [-0.25, -0.2) is 0 Å². The average Bonchev–Trinajstić information content (AvgIpc) is 3.93. The summed E-state index contributed by atoms with van der Waals surface area (Å²) in [5.74, 6) is 2.69. The number of anilines is 6. The Labute approximate surface area is 413 Å². The summed E-state index contributed by atoms with van der Waals surface area (Å²) in [7, 11) is 0. The van der Waals surface area contributed by atoms with E-state index in [1.165, 1.54) is 33.4 Å². The van der Waals surface area contributed by atoms with Gasteiger partial charge < -0.3 is 19.3 Å². The molecule has 14 rings (SSSR count). The molecule has 334 valence electrons. The number of para-hydroxylation sites is 6. The van der Waals surface area contributed by atoms with E-state index in [1.807, 2.05) is 0 Å². The molecule has 0 saturated carbocycles. The van der Waals surface area contributed by atoms with E-state index in [2.05, 4.69) is 277 Å². The van der Waals surface area contributed by atoms with E-state index in [1.54, 1.807) is 0 Å². The van der Waals surface area contributed by atoms with Gasteiger partial charge in [-0.15, -0.1) is 0 Å². The second-order valence-corrected chi connectivity index (χ2v) is 18.3. The van der Waals surface area contributed by atoms with Crippen molar-refractivity contribution in [2.75, 3.05) is 9.80 Å². The van der Waals surface area contributed by atoms with Gasteiger partial charge in [0, 0.05) is 50.6 Å². The van der Waals surface area contributed by atoms with Crippen LogP contribution in [0.2, 0.25) is 0 Å². The quantitative estimate of drug-likeness (QED) is 0.152. The van der Waals surface area contributed by atoms with Gasteiger partial charge in [-0.2, -0.15) is 0 Å². The molecular formula is C67H44N2O2. The van der Waals surface area contributed by atoms with Crippen LogP contribution in [0.5, 0.6) is 23.0 Å². The molecule has 0 amide bonds. The smallest absolute Gasteiger partial charge is 0.178 e. The Morgan fingerprint density at radius 3 is 1.04 bits per heavy atom. The van der Waals surface area contributed by atoms with E-state index in [0.29, 0.717) is 23.0 Å². The molecule has 0 unspecified atom stereocenters. The van der Waals surface area contributed by atoms with Gasteiger partial charge in [-0.1, -0.05) is 188 Å². The van der Waals surface area contributed by atoms with Gasteiger partial charge in [0.1, 0.15) is 0 Å². The van der Waals surface area contributed by atoms with Crippen LogP contribution in [0.3, 0.4) is 0 Å². The lowest BCUT2D eigenvalue weighted by Crippen LogP contribution is -2.25. The molecule has 11 aromatic carbocycles. The fourth-order valence-corrected chi connectivity index (χ4v) is 11.7. The topological polar surface area (TPSA) is 24.9 Å². The molecule has 4 nitrogen and oxygen atoms in total. The maximum Gasteiger partial charge on any atom is 0.178 e. The van der Waals surface area contributed by atoms with Crippen LogP contribution in [0.15, 0.2) is 267 Å². The summed E-state index contributed by atoms with van der Waals surface area (Å²) >= 11 is 0. The third kappa shape index (κ3) is 6.18. The first-order valence-corrected chi connectivity index (χ1v) is 24.3. The molecule has 71 heavy (non-hydrogen) atoms. The highest BCUT2D eigenvalue weighted by Gasteiger charge is 2.53. The highest BCUT2D eigenvalue weighted by Crippen LogP contribution is 2.67. The van der Waals surface area contributed by atoms with Gasteiger partial charge in [-0.05, 0) is 118 Å². The number of ether oxygens (including phenoxy) is 2. The first-order chi connectivity index (χ1) is 35.3. The first kappa shape index (κ1) is 40.7. The van der Waals surface area contributed by atoms with Gasteiger partial charge >= 0.3 is 0 Å². The van der Waals surface area contributed by atoms with Gasteiger partial charge in [-0.3, -0.25) is 0 Å². The number of hydrogen-bond acceptors (Lipinski definition) is 4. The van der Waals surface area contributed by atoms with E-state index in [-0.39, 0.29) is 0 Å². The number of benzene rings is 11. The largest absolute Gasteiger partial charge is 0.449 e. The molecule has 0 bridgehead atoms. The van der Waals surface area contributed by atoms with Crippen molar-refractivity contribution in [2.45, 2.75) is 5.41 Å². The SMILES string of the molecule is c1ccc(N(c2ccccc2)c2ccccc2-c2ccc(-c3ccccc3N(c3ccccc3)c3ccccc3)c3c2Oc2ccc4c(c2O3)-c2ccccc2C42c3ccccc3-c3ccccc32)cc1. The zero-order valence-corrected chi connectivity index (χ0v) is 38.6. The lowest BCUT2D eigenvalue weighted by molar-refractivity contribution is 0.363. The Bertz CT molecular complexity index is 3710. The molecular weight excluding hydrogens is 865 g/mol. The van der Waals surface area contributed by atoms with Crippen LogP contribution in [0.4, 0.5) is 34.1 Å². The average molecular weight is 909 g/mol. The Morgan fingerprint density at radius 2 is 0.592 bits per heavy atom. The lowest BCUT2D eigenvalue weighted by atomic mass is 9.70. The van der Waals surface area contributed by atoms with E-state index < -0.39 is 5.41 Å². The van der Waals surface area contributed by atoms with Crippen LogP contribution in [-0.2, 0) is 5.41 Å². The standard InChI is InChI=1S/C67H44N2O2/c1-5-23-45(24-6-1)68(46-25-7-2-8-26-46)60-39-21-16-33-51(60)53-41-42-54(52-34-17-22-40-61(52)69(47-27-9-3-10-28-47)48-29-11-4-12-30-48)65-64(53)70-62-44-43-59-63(66(62)71-65)55-35-15-20-38-58(55)67(59)56-36-18-13-31-49(56)50-32-14-19-37-57(50)67/h1-44H. The fourth-order valence-electron chi connectivity index (χ4n) is 11.7. The van der Waals surface area contributed by atoms with Crippen molar-refractivity contribution in [1.29, 1.82) is 0 Å². The van der Waals surface area contributed by atoms with Crippen LogP contribution in [-0.4, -0.2) is 0 Å². The Kier molecular flexibility index (Phi) is 9.39. The van der Waals surface area contributed by atoms with Gasteiger partial charge in [0.25, 0.3) is 0 Å². The minimum absolute atomic E-state index is 0.543. The zero-order valence-electron chi connectivity index (χ0n) is 38.6. The van der Waals surface area contributed by atoms with Crippen molar-refractivity contribution in [2.24, 2.45) is 0 Å². The summed E-state index contributed by atoms with van der Waals surface area (Å²) in [6.07, 6.45) is 0. The van der Waals surface area contributed by atoms with Crippen LogP contribution >= 0.6 is 0 Å². The highest BCUT2D eigenvalue weighted by atomic mass is 16.6. The molecule has 3 aliphatic rings. The third-order valence-electron chi connectivity index (χ3n) is 14.5. The molecule has 0 N–H and O–H groups in total. The minimum atomic E-state index is -0.543. The molecule has 0 fully saturated rings. The molecule has 11 aromatic rings. The van der Waals surface area contributed by atoms with Crippen LogP contribution in [0, 0.1) is 0 Å². The Balaban J connectivity index is 1.03. The number of hydrogen-bond donors (Lipinski definition) is 0. The summed E-state index contributed by atoms with van der Waals surface area (Å²) in [6, 6.07) is 95.1. The van der Waals surface area contributed by atoms with E-state index >= 15 is 0 Å². The second-order valence-electron chi connectivity index (χ2n) is 18.3. The summed E-state index contributed by atoms with van der Waals surface area (Å²) < 4.78 is 15.3. The predicted octanol–water partition coefficient (Wildman–Crippen LogP) is 18.2. The molecule has 0 radical (unpaired) electrons. The normalized spacial score (nSPS) is 12.8. The molecule has 0 atom stereocenters. The van der Waals surface area contributed by atoms with E-state index in [0.717, 1.165) is 67.5 Å². The minimum Gasteiger partial charge on any atom is -0.449 e. The summed E-state index contributed by atoms with van der Waals surface area (Å²) in [5.41, 5.74) is 19.2. The van der Waals surface area contributed by atoms with Gasteiger partial charge in [0.05, 0.1) is 16.8 Å².